The second kappa shape index (κ2) is 4.88. The van der Waals surface area contributed by atoms with Crippen molar-refractivity contribution in [2.24, 2.45) is 0 Å². The van der Waals surface area contributed by atoms with Crippen LogP contribution in [0.25, 0.3) is 0 Å². The Morgan fingerprint density at radius 2 is 2.12 bits per heavy atom. The molecule has 1 rings (SSSR count). The summed E-state index contributed by atoms with van der Waals surface area (Å²) in [6, 6.07) is 1.04. The maximum absolute atomic E-state index is 11.3. The summed E-state index contributed by atoms with van der Waals surface area (Å²) in [6.45, 7) is 0. The van der Waals surface area contributed by atoms with Crippen LogP contribution >= 0.6 is 11.6 Å². The van der Waals surface area contributed by atoms with Crippen molar-refractivity contribution < 1.29 is 24.3 Å². The Kier molecular flexibility index (Phi) is 3.74. The van der Waals surface area contributed by atoms with Gasteiger partial charge in [-0.05, 0) is 6.07 Å². The first-order valence-corrected chi connectivity index (χ1v) is 4.64. The first-order chi connectivity index (χ1) is 7.93. The molecule has 1 aromatic carbocycles. The molecule has 0 aliphatic rings. The summed E-state index contributed by atoms with van der Waals surface area (Å²) in [7, 11) is 2.23. The van der Waals surface area contributed by atoms with Crippen LogP contribution < -0.4 is 4.74 Å². The molecule has 0 atom stereocenters. The smallest absolute Gasteiger partial charge is 0.354 e. The van der Waals surface area contributed by atoms with E-state index in [2.05, 4.69) is 4.74 Å². The highest BCUT2D eigenvalue weighted by Crippen LogP contribution is 2.43. The number of carbonyl (C=O) groups excluding carboxylic acids is 1. The molecule has 92 valence electrons. The van der Waals surface area contributed by atoms with Crippen molar-refractivity contribution in [1.29, 1.82) is 0 Å². The molecule has 0 saturated carbocycles. The van der Waals surface area contributed by atoms with Crippen LogP contribution in [-0.4, -0.2) is 30.2 Å². The number of hydrogen-bond donors (Lipinski definition) is 1. The standard InChI is InChI=1S/C9H8ClNO6/c1-16-8-5(10)3-4(9(13)17-2)7(12)6(8)11(14)15/h3,12H,1-2H3. The normalized spacial score (nSPS) is 9.82. The molecule has 1 N–H and O–H groups in total. The zero-order valence-corrected chi connectivity index (χ0v) is 9.65. The largest absolute Gasteiger partial charge is 0.501 e. The average molecular weight is 262 g/mol. The summed E-state index contributed by atoms with van der Waals surface area (Å²) in [5, 5.41) is 20.2. The number of phenolic OH excluding ortho intramolecular Hbond substituents is 1. The van der Waals surface area contributed by atoms with Gasteiger partial charge in [-0.3, -0.25) is 10.1 Å². The van der Waals surface area contributed by atoms with E-state index in [4.69, 9.17) is 16.3 Å². The van der Waals surface area contributed by atoms with Crippen molar-refractivity contribution in [3.63, 3.8) is 0 Å². The van der Waals surface area contributed by atoms with Crippen LogP contribution in [-0.2, 0) is 4.74 Å². The third-order valence-corrected chi connectivity index (χ3v) is 2.26. The number of nitro benzene ring substituents is 1. The minimum absolute atomic E-state index is 0.169. The molecule has 0 aliphatic heterocycles. The summed E-state index contributed by atoms with van der Waals surface area (Å²) in [4.78, 5) is 21.1. The molecule has 0 amide bonds. The Balaban J connectivity index is 3.60. The van der Waals surface area contributed by atoms with Crippen molar-refractivity contribution in [3.05, 3.63) is 26.8 Å². The lowest BCUT2D eigenvalue weighted by Crippen LogP contribution is -2.05. The predicted molar refractivity (Wildman–Crippen MR) is 57.7 cm³/mol. The van der Waals surface area contributed by atoms with Gasteiger partial charge in [0.25, 0.3) is 0 Å². The highest BCUT2D eigenvalue weighted by atomic mass is 35.5. The molecular formula is C9H8ClNO6. The fourth-order valence-electron chi connectivity index (χ4n) is 1.24. The van der Waals surface area contributed by atoms with Crippen LogP contribution in [0.2, 0.25) is 5.02 Å². The van der Waals surface area contributed by atoms with Crippen molar-refractivity contribution in [2.75, 3.05) is 14.2 Å². The molecule has 8 heteroatoms. The lowest BCUT2D eigenvalue weighted by Gasteiger charge is -2.08. The maximum atomic E-state index is 11.3. The van der Waals surface area contributed by atoms with Crippen molar-refractivity contribution in [1.82, 2.24) is 0 Å². The van der Waals surface area contributed by atoms with Crippen LogP contribution in [0.3, 0.4) is 0 Å². The van der Waals surface area contributed by atoms with Crippen LogP contribution in [0.1, 0.15) is 10.4 Å². The molecular weight excluding hydrogens is 254 g/mol. The van der Waals surface area contributed by atoms with Crippen LogP contribution in [0.4, 0.5) is 5.69 Å². The number of carbonyl (C=O) groups is 1. The molecule has 1 aromatic rings. The Hall–Kier alpha value is -2.02. The molecule has 17 heavy (non-hydrogen) atoms. The first-order valence-electron chi connectivity index (χ1n) is 4.26. The molecule has 0 saturated heterocycles. The second-order valence-electron chi connectivity index (χ2n) is 2.89. The lowest BCUT2D eigenvalue weighted by atomic mass is 10.1. The van der Waals surface area contributed by atoms with E-state index in [0.717, 1.165) is 20.3 Å². The number of rotatable bonds is 3. The molecule has 7 nitrogen and oxygen atoms in total. The van der Waals surface area contributed by atoms with E-state index in [1.54, 1.807) is 0 Å². The van der Waals surface area contributed by atoms with E-state index in [1.165, 1.54) is 0 Å². The second-order valence-corrected chi connectivity index (χ2v) is 3.29. The van der Waals surface area contributed by atoms with Gasteiger partial charge in [0, 0.05) is 0 Å². The van der Waals surface area contributed by atoms with Gasteiger partial charge in [-0.25, -0.2) is 4.79 Å². The van der Waals surface area contributed by atoms with E-state index in [-0.39, 0.29) is 10.8 Å². The minimum Gasteiger partial charge on any atom is -0.501 e. The summed E-state index contributed by atoms with van der Waals surface area (Å²) >= 11 is 5.70. The zero-order chi connectivity index (χ0) is 13.2. The number of hydrogen-bond acceptors (Lipinski definition) is 6. The number of nitrogens with zero attached hydrogens (tertiary/aromatic N) is 1. The van der Waals surface area contributed by atoms with Crippen molar-refractivity contribution in [2.45, 2.75) is 0 Å². The molecule has 0 heterocycles. The van der Waals surface area contributed by atoms with Gasteiger partial charge < -0.3 is 14.6 Å². The quantitative estimate of drug-likeness (QED) is 0.505. The van der Waals surface area contributed by atoms with Gasteiger partial charge in [0.2, 0.25) is 11.5 Å². The van der Waals surface area contributed by atoms with Crippen molar-refractivity contribution >= 4 is 23.3 Å². The van der Waals surface area contributed by atoms with Gasteiger partial charge in [-0.2, -0.15) is 0 Å². The average Bonchev–Trinajstić information content (AvgIpc) is 2.29. The lowest BCUT2D eigenvalue weighted by molar-refractivity contribution is -0.386. The fourth-order valence-corrected chi connectivity index (χ4v) is 1.51. The number of phenols is 1. The molecule has 0 aromatic heterocycles. The zero-order valence-electron chi connectivity index (χ0n) is 8.89. The topological polar surface area (TPSA) is 98.9 Å². The highest BCUT2D eigenvalue weighted by Gasteiger charge is 2.30. The minimum atomic E-state index is -0.935. The number of methoxy groups -OCH3 is 2. The number of halogens is 1. The van der Waals surface area contributed by atoms with E-state index in [9.17, 15) is 20.0 Å². The molecule has 0 aliphatic carbocycles. The van der Waals surface area contributed by atoms with Crippen molar-refractivity contribution in [3.8, 4) is 11.5 Å². The van der Waals surface area contributed by atoms with Gasteiger partial charge in [0.1, 0.15) is 5.56 Å². The maximum Gasteiger partial charge on any atom is 0.354 e. The third kappa shape index (κ3) is 2.23. The number of benzene rings is 1. The van der Waals surface area contributed by atoms with E-state index in [1.807, 2.05) is 0 Å². The summed E-state index contributed by atoms with van der Waals surface area (Å²) in [6.07, 6.45) is 0. The summed E-state index contributed by atoms with van der Waals surface area (Å²) < 4.78 is 9.06. The van der Waals surface area contributed by atoms with E-state index < -0.39 is 27.9 Å². The molecule has 0 fully saturated rings. The van der Waals surface area contributed by atoms with Crippen LogP contribution in [0, 0.1) is 10.1 Å². The Labute approximate surface area is 101 Å². The Morgan fingerprint density at radius 1 is 1.53 bits per heavy atom. The fraction of sp³-hybridized carbons (Fsp3) is 0.222. The van der Waals surface area contributed by atoms with E-state index >= 15 is 0 Å². The van der Waals surface area contributed by atoms with Gasteiger partial charge in [-0.1, -0.05) is 11.6 Å². The highest BCUT2D eigenvalue weighted by molar-refractivity contribution is 6.33. The van der Waals surface area contributed by atoms with Crippen LogP contribution in [0.15, 0.2) is 6.07 Å². The van der Waals surface area contributed by atoms with Gasteiger partial charge >= 0.3 is 11.7 Å². The van der Waals surface area contributed by atoms with Gasteiger partial charge in [0.05, 0.1) is 24.2 Å². The molecule has 0 radical (unpaired) electrons. The molecule has 0 bridgehead atoms. The Bertz CT molecular complexity index is 487. The predicted octanol–water partition coefficient (Wildman–Crippen LogP) is 1.75. The number of esters is 1. The summed E-state index contributed by atoms with van der Waals surface area (Å²) in [5.74, 6) is -2.10. The monoisotopic (exact) mass is 261 g/mol. The summed E-state index contributed by atoms with van der Waals surface area (Å²) in [5.41, 5.74) is -1.18. The number of nitro groups is 1. The Morgan fingerprint density at radius 3 is 2.53 bits per heavy atom. The van der Waals surface area contributed by atoms with E-state index in [0.29, 0.717) is 0 Å². The number of aromatic hydroxyl groups is 1. The molecule has 0 spiro atoms. The first kappa shape index (κ1) is 13.0. The van der Waals surface area contributed by atoms with Gasteiger partial charge in [-0.15, -0.1) is 0 Å². The van der Waals surface area contributed by atoms with Gasteiger partial charge in [0.15, 0.2) is 0 Å². The number of ether oxygens (including phenoxy) is 2. The van der Waals surface area contributed by atoms with Crippen LogP contribution in [0.5, 0.6) is 11.5 Å². The molecule has 0 unspecified atom stereocenters. The third-order valence-electron chi connectivity index (χ3n) is 1.97. The SMILES string of the molecule is COC(=O)c1cc(Cl)c(OC)c([N+](=O)[O-])c1O.